The number of rotatable bonds is 3. The summed E-state index contributed by atoms with van der Waals surface area (Å²) in [5.41, 5.74) is 0. The predicted molar refractivity (Wildman–Crippen MR) is 71.1 cm³/mol. The third kappa shape index (κ3) is 2.42. The van der Waals surface area contributed by atoms with E-state index >= 15 is 0 Å². The molecule has 1 atom stereocenters. The van der Waals surface area contributed by atoms with E-state index in [2.05, 4.69) is 0 Å². The molecule has 0 radical (unpaired) electrons. The second-order valence-electron chi connectivity index (χ2n) is 3.95. The SMILES string of the molecule is Cc1ccc(C(C)S(=O)(=O)c2ccccc2)s1. The normalized spacial score (nSPS) is 13.5. The van der Waals surface area contributed by atoms with Gasteiger partial charge in [-0.3, -0.25) is 0 Å². The lowest BCUT2D eigenvalue weighted by molar-refractivity contribution is 0.587. The molecule has 0 fully saturated rings. The summed E-state index contributed by atoms with van der Waals surface area (Å²) in [6.07, 6.45) is 0. The van der Waals surface area contributed by atoms with Crippen molar-refractivity contribution < 1.29 is 8.42 Å². The molecule has 1 heterocycles. The lowest BCUT2D eigenvalue weighted by Gasteiger charge is -2.11. The number of hydrogen-bond donors (Lipinski definition) is 0. The number of benzene rings is 1. The molecule has 4 heteroatoms. The molecule has 2 aromatic rings. The van der Waals surface area contributed by atoms with Gasteiger partial charge in [-0.15, -0.1) is 11.3 Å². The van der Waals surface area contributed by atoms with Crippen LogP contribution in [-0.2, 0) is 9.84 Å². The third-order valence-electron chi connectivity index (χ3n) is 2.70. The van der Waals surface area contributed by atoms with Crippen LogP contribution in [0.4, 0.5) is 0 Å². The maximum atomic E-state index is 12.3. The Labute approximate surface area is 106 Å². The highest BCUT2D eigenvalue weighted by Crippen LogP contribution is 2.32. The number of hydrogen-bond acceptors (Lipinski definition) is 3. The summed E-state index contributed by atoms with van der Waals surface area (Å²) >= 11 is 1.54. The fourth-order valence-corrected chi connectivity index (χ4v) is 4.30. The summed E-state index contributed by atoms with van der Waals surface area (Å²) in [5.74, 6) is 0. The average molecular weight is 266 g/mol. The zero-order valence-electron chi connectivity index (χ0n) is 9.75. The van der Waals surface area contributed by atoms with E-state index in [-0.39, 0.29) is 0 Å². The van der Waals surface area contributed by atoms with Crippen LogP contribution in [0.1, 0.15) is 21.9 Å². The lowest BCUT2D eigenvalue weighted by atomic mass is 10.3. The Morgan fingerprint density at radius 3 is 2.24 bits per heavy atom. The fraction of sp³-hybridized carbons (Fsp3) is 0.231. The van der Waals surface area contributed by atoms with Gasteiger partial charge in [-0.2, -0.15) is 0 Å². The van der Waals surface area contributed by atoms with Crippen molar-refractivity contribution in [3.63, 3.8) is 0 Å². The van der Waals surface area contributed by atoms with E-state index in [1.807, 2.05) is 25.1 Å². The first-order valence-electron chi connectivity index (χ1n) is 5.37. The van der Waals surface area contributed by atoms with E-state index < -0.39 is 15.1 Å². The van der Waals surface area contributed by atoms with Crippen molar-refractivity contribution in [3.8, 4) is 0 Å². The van der Waals surface area contributed by atoms with Gasteiger partial charge in [0.2, 0.25) is 0 Å². The minimum Gasteiger partial charge on any atom is -0.223 e. The molecule has 90 valence electrons. The van der Waals surface area contributed by atoms with Gasteiger partial charge in [-0.1, -0.05) is 18.2 Å². The van der Waals surface area contributed by atoms with Crippen molar-refractivity contribution in [2.24, 2.45) is 0 Å². The summed E-state index contributed by atoms with van der Waals surface area (Å²) in [6.45, 7) is 3.73. The molecule has 0 amide bonds. The molecule has 2 rings (SSSR count). The van der Waals surface area contributed by atoms with Gasteiger partial charge >= 0.3 is 0 Å². The highest BCUT2D eigenvalue weighted by molar-refractivity contribution is 7.91. The summed E-state index contributed by atoms with van der Waals surface area (Å²) < 4.78 is 24.7. The zero-order chi connectivity index (χ0) is 12.5. The smallest absolute Gasteiger partial charge is 0.185 e. The van der Waals surface area contributed by atoms with Gasteiger partial charge in [0.25, 0.3) is 0 Å². The maximum Gasteiger partial charge on any atom is 0.185 e. The minimum atomic E-state index is -3.27. The minimum absolute atomic E-state index is 0.388. The first-order chi connectivity index (χ1) is 8.01. The van der Waals surface area contributed by atoms with Gasteiger partial charge in [0.05, 0.1) is 10.1 Å². The van der Waals surface area contributed by atoms with Crippen molar-refractivity contribution in [3.05, 3.63) is 52.2 Å². The van der Waals surface area contributed by atoms with Crippen molar-refractivity contribution in [2.75, 3.05) is 0 Å². The average Bonchev–Trinajstić information content (AvgIpc) is 2.76. The van der Waals surface area contributed by atoms with E-state index in [0.29, 0.717) is 4.90 Å². The number of aryl methyl sites for hydroxylation is 1. The topological polar surface area (TPSA) is 34.1 Å². The molecule has 2 nitrogen and oxygen atoms in total. The van der Waals surface area contributed by atoms with Crippen molar-refractivity contribution >= 4 is 21.2 Å². The van der Waals surface area contributed by atoms with Crippen LogP contribution in [0, 0.1) is 6.92 Å². The standard InChI is InChI=1S/C13H14O2S2/c1-10-8-9-13(16-10)11(2)17(14,15)12-6-4-3-5-7-12/h3-9,11H,1-2H3. The van der Waals surface area contributed by atoms with E-state index in [1.54, 1.807) is 31.2 Å². The van der Waals surface area contributed by atoms with E-state index in [0.717, 1.165) is 9.75 Å². The third-order valence-corrected chi connectivity index (χ3v) is 6.15. The van der Waals surface area contributed by atoms with E-state index in [9.17, 15) is 8.42 Å². The summed E-state index contributed by atoms with van der Waals surface area (Å²) in [7, 11) is -3.27. The molecule has 0 aliphatic rings. The zero-order valence-corrected chi connectivity index (χ0v) is 11.4. The van der Waals surface area contributed by atoms with Gasteiger partial charge < -0.3 is 0 Å². The van der Waals surface area contributed by atoms with Gasteiger partial charge in [-0.05, 0) is 38.1 Å². The fourth-order valence-electron chi connectivity index (χ4n) is 1.64. The van der Waals surface area contributed by atoms with Crippen LogP contribution in [0.25, 0.3) is 0 Å². The first kappa shape index (κ1) is 12.3. The molecular formula is C13H14O2S2. The second-order valence-corrected chi connectivity index (χ2v) is 7.54. The Morgan fingerprint density at radius 2 is 1.71 bits per heavy atom. The molecule has 0 bridgehead atoms. The Balaban J connectivity index is 2.40. The molecular weight excluding hydrogens is 252 g/mol. The quantitative estimate of drug-likeness (QED) is 0.850. The van der Waals surface area contributed by atoms with E-state index in [1.165, 1.54) is 11.3 Å². The van der Waals surface area contributed by atoms with Crippen LogP contribution >= 0.6 is 11.3 Å². The molecule has 17 heavy (non-hydrogen) atoms. The van der Waals surface area contributed by atoms with Crippen LogP contribution in [0.5, 0.6) is 0 Å². The molecule has 1 aromatic carbocycles. The molecule has 0 saturated carbocycles. The molecule has 0 aliphatic heterocycles. The predicted octanol–water partition coefficient (Wildman–Crippen LogP) is 3.59. The van der Waals surface area contributed by atoms with Crippen LogP contribution in [-0.4, -0.2) is 8.42 Å². The first-order valence-corrected chi connectivity index (χ1v) is 7.73. The Morgan fingerprint density at radius 1 is 1.06 bits per heavy atom. The largest absolute Gasteiger partial charge is 0.223 e. The monoisotopic (exact) mass is 266 g/mol. The molecule has 0 aliphatic carbocycles. The van der Waals surface area contributed by atoms with Crippen LogP contribution in [0.15, 0.2) is 47.4 Å². The van der Waals surface area contributed by atoms with Gasteiger partial charge in [0.1, 0.15) is 0 Å². The summed E-state index contributed by atoms with van der Waals surface area (Å²) in [6, 6.07) is 12.5. The summed E-state index contributed by atoms with van der Waals surface area (Å²) in [4.78, 5) is 2.42. The molecule has 0 N–H and O–H groups in total. The van der Waals surface area contributed by atoms with Gasteiger partial charge in [-0.25, -0.2) is 8.42 Å². The van der Waals surface area contributed by atoms with Crippen LogP contribution in [0.3, 0.4) is 0 Å². The van der Waals surface area contributed by atoms with Crippen LogP contribution < -0.4 is 0 Å². The van der Waals surface area contributed by atoms with Crippen LogP contribution in [0.2, 0.25) is 0 Å². The highest BCUT2D eigenvalue weighted by Gasteiger charge is 2.25. The summed E-state index contributed by atoms with van der Waals surface area (Å²) in [5, 5.41) is -0.483. The number of thiophene rings is 1. The maximum absolute atomic E-state index is 12.3. The van der Waals surface area contributed by atoms with Gasteiger partial charge in [0, 0.05) is 9.75 Å². The Bertz CT molecular complexity index is 597. The van der Waals surface area contributed by atoms with Crippen molar-refractivity contribution in [1.82, 2.24) is 0 Å². The van der Waals surface area contributed by atoms with Crippen molar-refractivity contribution in [2.45, 2.75) is 24.0 Å². The second kappa shape index (κ2) is 4.63. The molecule has 0 spiro atoms. The Hall–Kier alpha value is -1.13. The molecule has 1 unspecified atom stereocenters. The highest BCUT2D eigenvalue weighted by atomic mass is 32.2. The van der Waals surface area contributed by atoms with Gasteiger partial charge in [0.15, 0.2) is 9.84 Å². The molecule has 1 aromatic heterocycles. The van der Waals surface area contributed by atoms with Crippen molar-refractivity contribution in [1.29, 1.82) is 0 Å². The molecule has 0 saturated heterocycles. The van der Waals surface area contributed by atoms with E-state index in [4.69, 9.17) is 0 Å². The lowest BCUT2D eigenvalue weighted by Crippen LogP contribution is -2.09. The number of sulfone groups is 1. The Kier molecular flexibility index (Phi) is 3.35.